The molecular formula is C18H23N5O2. The second kappa shape index (κ2) is 7.06. The van der Waals surface area contributed by atoms with Crippen LogP contribution < -0.4 is 11.1 Å². The van der Waals surface area contributed by atoms with Crippen molar-refractivity contribution in [2.24, 2.45) is 11.7 Å². The third-order valence-corrected chi connectivity index (χ3v) is 4.09. The number of carbonyl (C=O) groups is 1. The standard InChI is InChI=1S/C18H23N5O2/c1-11(2)23-17-14(10-21-23)13(18(24)20-9-12(3)8-19)7-15(22-17)16-5-4-6-25-16/h4-7,10-12H,8-9,19H2,1-3H3,(H,20,24). The minimum absolute atomic E-state index is 0.130. The van der Waals surface area contributed by atoms with Crippen LogP contribution in [0.3, 0.4) is 0 Å². The quantitative estimate of drug-likeness (QED) is 0.718. The molecule has 0 aromatic carbocycles. The Labute approximate surface area is 146 Å². The highest BCUT2D eigenvalue weighted by Gasteiger charge is 2.19. The molecule has 0 bridgehead atoms. The van der Waals surface area contributed by atoms with Gasteiger partial charge in [-0.05, 0) is 44.5 Å². The Morgan fingerprint density at radius 3 is 2.84 bits per heavy atom. The van der Waals surface area contributed by atoms with Gasteiger partial charge in [-0.15, -0.1) is 0 Å². The Bertz CT molecular complexity index is 867. The predicted octanol–water partition coefficient (Wildman–Crippen LogP) is 2.60. The van der Waals surface area contributed by atoms with Gasteiger partial charge in [0.15, 0.2) is 11.4 Å². The van der Waals surface area contributed by atoms with Crippen molar-refractivity contribution in [2.45, 2.75) is 26.8 Å². The van der Waals surface area contributed by atoms with Gasteiger partial charge < -0.3 is 15.5 Å². The monoisotopic (exact) mass is 341 g/mol. The fourth-order valence-corrected chi connectivity index (χ4v) is 2.58. The molecule has 3 heterocycles. The van der Waals surface area contributed by atoms with Crippen molar-refractivity contribution >= 4 is 16.9 Å². The van der Waals surface area contributed by atoms with Crippen molar-refractivity contribution < 1.29 is 9.21 Å². The van der Waals surface area contributed by atoms with E-state index in [-0.39, 0.29) is 17.9 Å². The maximum absolute atomic E-state index is 12.7. The molecule has 7 heteroatoms. The van der Waals surface area contributed by atoms with E-state index in [1.165, 1.54) is 0 Å². The van der Waals surface area contributed by atoms with E-state index in [2.05, 4.69) is 15.4 Å². The first-order valence-electron chi connectivity index (χ1n) is 8.41. The molecule has 0 aliphatic rings. The van der Waals surface area contributed by atoms with E-state index >= 15 is 0 Å². The van der Waals surface area contributed by atoms with Crippen LogP contribution in [0.2, 0.25) is 0 Å². The fourth-order valence-electron chi connectivity index (χ4n) is 2.58. The zero-order valence-electron chi connectivity index (χ0n) is 14.7. The third-order valence-electron chi connectivity index (χ3n) is 4.09. The number of nitrogens with two attached hydrogens (primary N) is 1. The summed E-state index contributed by atoms with van der Waals surface area (Å²) in [6.07, 6.45) is 3.28. The minimum Gasteiger partial charge on any atom is -0.463 e. The van der Waals surface area contributed by atoms with E-state index in [4.69, 9.17) is 10.2 Å². The lowest BCUT2D eigenvalue weighted by Gasteiger charge is -2.12. The van der Waals surface area contributed by atoms with Crippen LogP contribution in [0.1, 0.15) is 37.2 Å². The maximum atomic E-state index is 12.7. The summed E-state index contributed by atoms with van der Waals surface area (Å²) < 4.78 is 7.26. The number of furan rings is 1. The highest BCUT2D eigenvalue weighted by atomic mass is 16.3. The Balaban J connectivity index is 2.08. The molecule has 132 valence electrons. The zero-order valence-corrected chi connectivity index (χ0v) is 14.7. The number of hydrogen-bond acceptors (Lipinski definition) is 5. The lowest BCUT2D eigenvalue weighted by Crippen LogP contribution is -2.31. The van der Waals surface area contributed by atoms with Gasteiger partial charge in [0.25, 0.3) is 5.91 Å². The molecule has 0 fully saturated rings. The molecule has 0 radical (unpaired) electrons. The third kappa shape index (κ3) is 3.41. The first kappa shape index (κ1) is 17.2. The van der Waals surface area contributed by atoms with Crippen LogP contribution in [0.25, 0.3) is 22.5 Å². The van der Waals surface area contributed by atoms with Crippen molar-refractivity contribution in [3.8, 4) is 11.5 Å². The van der Waals surface area contributed by atoms with Gasteiger partial charge in [-0.2, -0.15) is 5.10 Å². The van der Waals surface area contributed by atoms with E-state index in [1.807, 2.05) is 26.8 Å². The zero-order chi connectivity index (χ0) is 18.0. The molecule has 7 nitrogen and oxygen atoms in total. The first-order chi connectivity index (χ1) is 12.0. The van der Waals surface area contributed by atoms with Crippen LogP contribution in [0.15, 0.2) is 35.1 Å². The highest BCUT2D eigenvalue weighted by molar-refractivity contribution is 6.06. The highest BCUT2D eigenvalue weighted by Crippen LogP contribution is 2.26. The molecule has 3 aromatic heterocycles. The summed E-state index contributed by atoms with van der Waals surface area (Å²) in [5, 5.41) is 8.06. The van der Waals surface area contributed by atoms with Crippen molar-refractivity contribution in [1.29, 1.82) is 0 Å². The van der Waals surface area contributed by atoms with Gasteiger partial charge in [0.1, 0.15) is 5.69 Å². The van der Waals surface area contributed by atoms with Gasteiger partial charge in [0.2, 0.25) is 0 Å². The Kier molecular flexibility index (Phi) is 4.85. The summed E-state index contributed by atoms with van der Waals surface area (Å²) in [5.74, 6) is 0.663. The molecule has 0 saturated heterocycles. The minimum atomic E-state index is -0.163. The van der Waals surface area contributed by atoms with Crippen molar-refractivity contribution in [3.63, 3.8) is 0 Å². The number of hydrogen-bond donors (Lipinski definition) is 2. The number of nitrogens with zero attached hydrogens (tertiary/aromatic N) is 3. The van der Waals surface area contributed by atoms with Gasteiger partial charge in [-0.25, -0.2) is 9.67 Å². The van der Waals surface area contributed by atoms with Gasteiger partial charge in [0, 0.05) is 12.6 Å². The second-order valence-corrected chi connectivity index (χ2v) is 6.50. The van der Waals surface area contributed by atoms with Gasteiger partial charge in [-0.1, -0.05) is 6.92 Å². The summed E-state index contributed by atoms with van der Waals surface area (Å²) in [5.41, 5.74) is 7.44. The summed E-state index contributed by atoms with van der Waals surface area (Å²) in [4.78, 5) is 17.4. The number of amides is 1. The normalized spacial score (nSPS) is 12.7. The average Bonchev–Trinajstić information content (AvgIpc) is 3.27. The molecule has 1 amide bonds. The van der Waals surface area contributed by atoms with E-state index in [9.17, 15) is 4.79 Å². The summed E-state index contributed by atoms with van der Waals surface area (Å²) in [6, 6.07) is 5.49. The Morgan fingerprint density at radius 1 is 1.40 bits per heavy atom. The van der Waals surface area contributed by atoms with Gasteiger partial charge in [-0.3, -0.25) is 4.79 Å². The lowest BCUT2D eigenvalue weighted by atomic mass is 10.1. The van der Waals surface area contributed by atoms with E-state index < -0.39 is 0 Å². The van der Waals surface area contributed by atoms with E-state index in [1.54, 1.807) is 29.3 Å². The van der Waals surface area contributed by atoms with Gasteiger partial charge >= 0.3 is 0 Å². The molecule has 0 aliphatic heterocycles. The van der Waals surface area contributed by atoms with E-state index in [0.717, 1.165) is 5.39 Å². The number of pyridine rings is 1. The summed E-state index contributed by atoms with van der Waals surface area (Å²) in [6.45, 7) is 7.09. The number of aromatic nitrogens is 3. The molecule has 3 N–H and O–H groups in total. The number of rotatable bonds is 6. The van der Waals surface area contributed by atoms with Crippen LogP contribution >= 0.6 is 0 Å². The molecule has 0 spiro atoms. The van der Waals surface area contributed by atoms with Crippen LogP contribution in [0, 0.1) is 5.92 Å². The topological polar surface area (TPSA) is 99.0 Å². The van der Waals surface area contributed by atoms with Crippen LogP contribution in [-0.4, -0.2) is 33.8 Å². The van der Waals surface area contributed by atoms with Crippen molar-refractivity contribution in [3.05, 3.63) is 36.2 Å². The molecule has 25 heavy (non-hydrogen) atoms. The molecule has 3 aromatic rings. The first-order valence-corrected chi connectivity index (χ1v) is 8.41. The van der Waals surface area contributed by atoms with Gasteiger partial charge in [0.05, 0.1) is 23.4 Å². The lowest BCUT2D eigenvalue weighted by molar-refractivity contribution is 0.0950. The van der Waals surface area contributed by atoms with Crippen LogP contribution in [-0.2, 0) is 0 Å². The molecular weight excluding hydrogens is 318 g/mol. The second-order valence-electron chi connectivity index (χ2n) is 6.50. The molecule has 0 saturated carbocycles. The number of fused-ring (bicyclic) bond motifs is 1. The Morgan fingerprint density at radius 2 is 2.20 bits per heavy atom. The van der Waals surface area contributed by atoms with Crippen molar-refractivity contribution in [1.82, 2.24) is 20.1 Å². The molecule has 1 atom stereocenters. The maximum Gasteiger partial charge on any atom is 0.252 e. The molecule has 0 aliphatic carbocycles. The Hall–Kier alpha value is -2.67. The number of carbonyl (C=O) groups excluding carboxylic acids is 1. The average molecular weight is 341 g/mol. The van der Waals surface area contributed by atoms with E-state index in [0.29, 0.717) is 35.8 Å². The van der Waals surface area contributed by atoms with Crippen LogP contribution in [0.4, 0.5) is 0 Å². The van der Waals surface area contributed by atoms with Crippen molar-refractivity contribution in [2.75, 3.05) is 13.1 Å². The fraction of sp³-hybridized carbons (Fsp3) is 0.389. The molecule has 3 rings (SSSR count). The number of nitrogens with one attached hydrogen (secondary N) is 1. The summed E-state index contributed by atoms with van der Waals surface area (Å²) in [7, 11) is 0. The predicted molar refractivity (Wildman–Crippen MR) is 96.2 cm³/mol. The summed E-state index contributed by atoms with van der Waals surface area (Å²) >= 11 is 0. The SMILES string of the molecule is CC(CN)CNC(=O)c1cc(-c2ccco2)nc2c1cnn2C(C)C. The largest absolute Gasteiger partial charge is 0.463 e. The smallest absolute Gasteiger partial charge is 0.252 e. The van der Waals surface area contributed by atoms with Crippen LogP contribution in [0.5, 0.6) is 0 Å². The molecule has 1 unspecified atom stereocenters.